The summed E-state index contributed by atoms with van der Waals surface area (Å²) in [5.74, 6) is -3.90. The number of hydrogen-bond donors (Lipinski definition) is 19. The minimum absolute atomic E-state index is 0.212. The summed E-state index contributed by atoms with van der Waals surface area (Å²) < 4.78 is 73.3. The van der Waals surface area contributed by atoms with E-state index in [2.05, 4.69) is 26.1 Å². The molecule has 1 amide bonds. The summed E-state index contributed by atoms with van der Waals surface area (Å²) in [6.07, 6.45) is -54.0. The molecule has 19 N–H and O–H groups in total. The minimum atomic E-state index is -2.79. The van der Waals surface area contributed by atoms with Crippen LogP contribution in [0.2, 0.25) is 0 Å². The maximum atomic E-state index is 12.8. The van der Waals surface area contributed by atoms with E-state index in [1.54, 1.807) is 0 Å². The lowest BCUT2D eigenvalue weighted by molar-refractivity contribution is -0.448. The normalized spacial score (nSPS) is 46.7. The lowest BCUT2D eigenvalue weighted by Gasteiger charge is -2.51. The Labute approximate surface area is 463 Å². The van der Waals surface area contributed by atoms with Crippen molar-refractivity contribution < 1.29 is 163 Å². The van der Waals surface area contributed by atoms with Crippen molar-refractivity contribution in [1.82, 2.24) is 5.32 Å². The summed E-state index contributed by atoms with van der Waals surface area (Å²) in [4.78, 5) is 24.7. The fourth-order valence-corrected chi connectivity index (χ4v) is 9.92. The summed E-state index contributed by atoms with van der Waals surface area (Å²) in [6, 6.07) is -1.85. The third-order valence-corrected chi connectivity index (χ3v) is 14.3. The molecule has 31 atom stereocenters. The first-order valence-electron chi connectivity index (χ1n) is 26.2. The van der Waals surface area contributed by atoms with Crippen molar-refractivity contribution >= 4 is 12.4 Å². The SMILES string of the molecule is CC(C)C.CO[C@@H]1OC(CO)[C@@H](O[C@@H]2OC(CO)[C@H](O[C@H]3OC(CO)[C@H](O)[C@H](O[C@@H]4OC(CO)[C@H](O)[C@H](O[C@@H]5OC(CO)[C@H](O)[C@H](O[C@]6(OC=O)C[C@@H](O)[C@@H](C)C([C@H](O)[C@H](O)CO)O6)C5O)C4NC(C)=O)C3O)[C@H](O)C2O)[C@H](O)C1O. The summed E-state index contributed by atoms with van der Waals surface area (Å²) in [5.41, 5.74) is 0. The predicted octanol–water partition coefficient (Wildman–Crippen LogP) is -11.1. The highest BCUT2D eigenvalue weighted by Crippen LogP contribution is 2.41. The van der Waals surface area contributed by atoms with Gasteiger partial charge in [-0.25, -0.2) is 0 Å². The number of ether oxygens (including phenoxy) is 13. The average Bonchev–Trinajstić information content (AvgIpc) is 3.43. The molecule has 0 bridgehead atoms. The van der Waals surface area contributed by atoms with Crippen LogP contribution in [0.4, 0.5) is 0 Å². The third-order valence-electron chi connectivity index (χ3n) is 14.3. The molecular weight excluding hydrogens is 1110 g/mol. The molecular formula is C47H83NO33. The van der Waals surface area contributed by atoms with Crippen LogP contribution in [-0.4, -0.2) is 335 Å². The molecule has 6 aliphatic rings. The second kappa shape index (κ2) is 30.9. The Morgan fingerprint density at radius 3 is 1.42 bits per heavy atom. The molecule has 0 spiro atoms. The van der Waals surface area contributed by atoms with Gasteiger partial charge in [0, 0.05) is 20.0 Å². The zero-order chi connectivity index (χ0) is 60.5. The lowest BCUT2D eigenvalue weighted by Crippen LogP contribution is -2.70. The maximum Gasteiger partial charge on any atom is 0.332 e. The van der Waals surface area contributed by atoms with Crippen LogP contribution in [0.3, 0.4) is 0 Å². The minimum Gasteiger partial charge on any atom is -0.410 e. The maximum absolute atomic E-state index is 12.8. The number of carbonyl (C=O) groups is 2. The average molecular weight is 1190 g/mol. The molecule has 0 saturated carbocycles. The molecule has 6 saturated heterocycles. The molecule has 6 rings (SSSR count). The number of methoxy groups -OCH3 is 1. The molecule has 0 aliphatic carbocycles. The summed E-state index contributed by atoms with van der Waals surface area (Å²) in [5, 5.41) is 197. The Morgan fingerprint density at radius 1 is 0.568 bits per heavy atom. The number of rotatable bonds is 22. The van der Waals surface area contributed by atoms with Crippen molar-refractivity contribution in [3.05, 3.63) is 0 Å². The van der Waals surface area contributed by atoms with Gasteiger partial charge >= 0.3 is 5.97 Å². The molecule has 0 aromatic carbocycles. The van der Waals surface area contributed by atoms with E-state index in [4.69, 9.17) is 61.6 Å². The van der Waals surface area contributed by atoms with Crippen molar-refractivity contribution in [3.63, 3.8) is 0 Å². The smallest absolute Gasteiger partial charge is 0.332 e. The van der Waals surface area contributed by atoms with E-state index >= 15 is 0 Å². The standard InChI is InChI=1S/C43H73NO33.C4H10/c1-12-14(53)4-43(66-11-51,76-32(12)22(55)15(54)5-45)77-37-25(58)18(8-48)69-42(31(37)64)74-35-21(44-13(2)52)38(67-16(6-46)23(35)56)75-36-24(57)17(7-47)68-41(30(36)63)73-34-20(10-50)71-40(29(62)27(34)60)72-33-19(9-49)70-39(65-3)28(61)26(33)59;1-4(2)3/h11-12,14-42,45-50,53-64H,4-10H2,1-3H3,(H,44,52);4H,1-3H3/t12-,14-,15-,16?,17?,18?,19?,20?,21?,22-,23+,24+,25+,26-,27-,28?,29?,30?,31?,32?,33-,34+,35-,36+,37+,38+,39-,40+,41-,42+,43+;/m1./s1. The molecule has 6 heterocycles. The first-order valence-corrected chi connectivity index (χ1v) is 26.2. The molecule has 0 aromatic rings. The van der Waals surface area contributed by atoms with Crippen LogP contribution in [0.1, 0.15) is 41.0 Å². The molecule has 6 fully saturated rings. The highest BCUT2D eigenvalue weighted by molar-refractivity contribution is 5.73. The van der Waals surface area contributed by atoms with Gasteiger partial charge in [-0.2, -0.15) is 0 Å². The van der Waals surface area contributed by atoms with E-state index in [1.807, 2.05) is 0 Å². The fourth-order valence-electron chi connectivity index (χ4n) is 9.92. The second-order valence-electron chi connectivity index (χ2n) is 21.1. The largest absolute Gasteiger partial charge is 0.410 e. The zero-order valence-corrected chi connectivity index (χ0v) is 45.1. The number of aliphatic hydroxyl groups excluding tert-OH is 18. The Hall–Kier alpha value is -2.26. The lowest BCUT2D eigenvalue weighted by atomic mass is 9.86. The van der Waals surface area contributed by atoms with Crippen LogP contribution in [0.15, 0.2) is 0 Å². The van der Waals surface area contributed by atoms with Gasteiger partial charge < -0.3 is 159 Å². The first kappa shape index (κ1) is 69.5. The van der Waals surface area contributed by atoms with Crippen molar-refractivity contribution in [2.45, 2.75) is 225 Å². The van der Waals surface area contributed by atoms with E-state index in [0.717, 1.165) is 20.0 Å². The van der Waals surface area contributed by atoms with Crippen LogP contribution in [0.5, 0.6) is 0 Å². The predicted molar refractivity (Wildman–Crippen MR) is 256 cm³/mol. The fraction of sp³-hybridized carbons (Fsp3) is 0.957. The summed E-state index contributed by atoms with van der Waals surface area (Å²) in [7, 11) is 1.15. The Balaban J connectivity index is 0.00000291. The summed E-state index contributed by atoms with van der Waals surface area (Å²) in [6.45, 7) is 2.66. The number of amides is 1. The number of aliphatic hydroxyl groups is 18. The second-order valence-corrected chi connectivity index (χ2v) is 21.1. The van der Waals surface area contributed by atoms with Crippen molar-refractivity contribution in [3.8, 4) is 0 Å². The number of nitrogens with one attached hydrogen (secondary N) is 1. The highest BCUT2D eigenvalue weighted by Gasteiger charge is 2.60. The van der Waals surface area contributed by atoms with Gasteiger partial charge in [-0.3, -0.25) is 9.59 Å². The van der Waals surface area contributed by atoms with Crippen molar-refractivity contribution in [2.24, 2.45) is 11.8 Å². The van der Waals surface area contributed by atoms with Gasteiger partial charge in [0.25, 0.3) is 6.47 Å². The van der Waals surface area contributed by atoms with Crippen molar-refractivity contribution in [1.29, 1.82) is 0 Å². The Morgan fingerprint density at radius 2 is 0.963 bits per heavy atom. The quantitative estimate of drug-likeness (QED) is 0.0353. The monoisotopic (exact) mass is 1190 g/mol. The van der Waals surface area contributed by atoms with E-state index in [9.17, 15) is 102 Å². The van der Waals surface area contributed by atoms with Crippen LogP contribution < -0.4 is 5.32 Å². The highest BCUT2D eigenvalue weighted by atomic mass is 16.9. The zero-order valence-electron chi connectivity index (χ0n) is 45.1. The van der Waals surface area contributed by atoms with Crippen LogP contribution in [0, 0.1) is 11.8 Å². The topological polar surface area (TPSA) is 530 Å². The molecule has 81 heavy (non-hydrogen) atoms. The molecule has 0 radical (unpaired) electrons. The van der Waals surface area contributed by atoms with E-state index in [1.165, 1.54) is 6.92 Å². The van der Waals surface area contributed by atoms with Crippen LogP contribution >= 0.6 is 0 Å². The van der Waals surface area contributed by atoms with Gasteiger partial charge in [0.05, 0.1) is 58.3 Å². The number of carbonyl (C=O) groups excluding carboxylic acids is 2. The van der Waals surface area contributed by atoms with Gasteiger partial charge in [0.1, 0.15) is 134 Å². The Kier molecular flexibility index (Phi) is 26.5. The molecule has 6 aliphatic heterocycles. The molecule has 474 valence electrons. The van der Waals surface area contributed by atoms with Crippen LogP contribution in [-0.2, 0) is 71.2 Å². The van der Waals surface area contributed by atoms with Crippen LogP contribution in [0.25, 0.3) is 0 Å². The first-order chi connectivity index (χ1) is 38.2. The molecule has 34 heteroatoms. The van der Waals surface area contributed by atoms with E-state index < -0.39 is 242 Å². The van der Waals surface area contributed by atoms with E-state index in [0.29, 0.717) is 0 Å². The molecule has 11 unspecified atom stereocenters. The van der Waals surface area contributed by atoms with Gasteiger partial charge in [-0.1, -0.05) is 27.7 Å². The molecule has 34 nitrogen and oxygen atoms in total. The third kappa shape index (κ3) is 16.0. The Bertz CT molecular complexity index is 1880. The van der Waals surface area contributed by atoms with Gasteiger partial charge in [0.15, 0.2) is 31.5 Å². The number of hydrogen-bond acceptors (Lipinski definition) is 33. The molecule has 0 aromatic heterocycles. The van der Waals surface area contributed by atoms with Gasteiger partial charge in [0.2, 0.25) is 5.91 Å². The van der Waals surface area contributed by atoms with Gasteiger partial charge in [-0.05, 0) is 5.92 Å². The van der Waals surface area contributed by atoms with E-state index in [-0.39, 0.29) is 6.47 Å². The van der Waals surface area contributed by atoms with Crippen molar-refractivity contribution in [2.75, 3.05) is 46.8 Å². The summed E-state index contributed by atoms with van der Waals surface area (Å²) >= 11 is 0. The van der Waals surface area contributed by atoms with Gasteiger partial charge in [-0.15, -0.1) is 0 Å².